The van der Waals surface area contributed by atoms with Gasteiger partial charge in [0.15, 0.2) is 0 Å². The first-order valence-electron chi connectivity index (χ1n) is 5.09. The normalized spacial score (nSPS) is 46.8. The molecular weight excluding hydrogens is 160 g/mol. The fraction of sp³-hybridized carbons (Fsp3) is 0.750. The van der Waals surface area contributed by atoms with Gasteiger partial charge in [0, 0.05) is 5.92 Å². The molecule has 1 heteroatoms. The zero-order valence-corrected chi connectivity index (χ0v) is 8.76. The molecule has 0 spiro atoms. The maximum absolute atomic E-state index is 11.0. The monoisotopic (exact) mass is 178 g/mol. The maximum Gasteiger partial charge on any atom is 0.127 e. The Kier molecular flexibility index (Phi) is 1.56. The van der Waals surface area contributed by atoms with Crippen LogP contribution in [0.1, 0.15) is 33.6 Å². The Balaban J connectivity index is 2.51. The summed E-state index contributed by atoms with van der Waals surface area (Å²) in [4.78, 5) is 11.0. The molecule has 0 radical (unpaired) electrons. The van der Waals surface area contributed by atoms with Gasteiger partial charge in [0.05, 0.1) is 0 Å². The summed E-state index contributed by atoms with van der Waals surface area (Å²) in [5.41, 5.74) is 1.64. The summed E-state index contributed by atoms with van der Waals surface area (Å²) >= 11 is 0. The summed E-state index contributed by atoms with van der Waals surface area (Å²) in [6, 6.07) is 0. The smallest absolute Gasteiger partial charge is 0.127 e. The number of hydrogen-bond donors (Lipinski definition) is 0. The lowest BCUT2D eigenvalue weighted by molar-refractivity contribution is -0.113. The molecule has 2 aliphatic rings. The molecule has 3 atom stereocenters. The summed E-state index contributed by atoms with van der Waals surface area (Å²) in [7, 11) is 0. The number of carbonyl (C=O) groups excluding carboxylic acids is 1. The van der Waals surface area contributed by atoms with Crippen LogP contribution in [0, 0.1) is 22.7 Å². The van der Waals surface area contributed by atoms with E-state index in [0.717, 1.165) is 6.29 Å². The van der Waals surface area contributed by atoms with E-state index in [4.69, 9.17) is 0 Å². The van der Waals surface area contributed by atoms with Crippen LogP contribution in [-0.2, 0) is 4.79 Å². The summed E-state index contributed by atoms with van der Waals surface area (Å²) in [6.07, 6.45) is 3.53. The molecule has 2 saturated carbocycles. The Labute approximate surface area is 80.2 Å². The predicted molar refractivity (Wildman–Crippen MR) is 53.3 cm³/mol. The number of aldehydes is 1. The van der Waals surface area contributed by atoms with Crippen LogP contribution in [0.4, 0.5) is 0 Å². The molecule has 3 unspecified atom stereocenters. The molecule has 0 N–H and O–H groups in total. The van der Waals surface area contributed by atoms with Crippen LogP contribution in [0.15, 0.2) is 12.2 Å². The van der Waals surface area contributed by atoms with Crippen molar-refractivity contribution in [1.82, 2.24) is 0 Å². The first-order chi connectivity index (χ1) is 5.95. The van der Waals surface area contributed by atoms with Gasteiger partial charge in [-0.25, -0.2) is 0 Å². The molecule has 0 aromatic heterocycles. The minimum absolute atomic E-state index is 0.112. The van der Waals surface area contributed by atoms with Gasteiger partial charge in [-0.2, -0.15) is 0 Å². The first kappa shape index (κ1) is 8.98. The first-order valence-corrected chi connectivity index (χ1v) is 5.09. The predicted octanol–water partition coefficient (Wildman–Crippen LogP) is 2.81. The zero-order valence-electron chi connectivity index (χ0n) is 8.76. The highest BCUT2D eigenvalue weighted by molar-refractivity contribution is 5.63. The molecule has 0 heterocycles. The molecule has 0 aromatic carbocycles. The van der Waals surface area contributed by atoms with E-state index >= 15 is 0 Å². The maximum atomic E-state index is 11.0. The lowest BCUT2D eigenvalue weighted by Crippen LogP contribution is -2.32. The lowest BCUT2D eigenvalue weighted by atomic mass is 9.67. The van der Waals surface area contributed by atoms with E-state index in [1.54, 1.807) is 0 Å². The molecule has 0 amide bonds. The quantitative estimate of drug-likeness (QED) is 0.446. The van der Waals surface area contributed by atoms with E-state index in [9.17, 15) is 4.79 Å². The molecule has 1 nitrogen and oxygen atoms in total. The fourth-order valence-corrected chi connectivity index (χ4v) is 3.59. The Bertz CT molecular complexity index is 277. The SMILES string of the molecule is C=C1C2CCC(C)(C1C=O)C2(C)C. The standard InChI is InChI=1S/C12H18O/c1-8-9-5-6-12(4,10(8)7-13)11(9,2)3/h7,9-10H,1,5-6H2,2-4H3. The van der Waals surface area contributed by atoms with Crippen molar-refractivity contribution in [3.05, 3.63) is 12.2 Å². The van der Waals surface area contributed by atoms with E-state index in [0.29, 0.717) is 5.92 Å². The van der Waals surface area contributed by atoms with Gasteiger partial charge >= 0.3 is 0 Å². The van der Waals surface area contributed by atoms with Crippen molar-refractivity contribution in [2.24, 2.45) is 22.7 Å². The van der Waals surface area contributed by atoms with Crippen LogP contribution in [0.3, 0.4) is 0 Å². The minimum Gasteiger partial charge on any atom is -0.303 e. The minimum atomic E-state index is 0.112. The van der Waals surface area contributed by atoms with Crippen molar-refractivity contribution in [3.63, 3.8) is 0 Å². The van der Waals surface area contributed by atoms with Gasteiger partial charge in [-0.05, 0) is 29.6 Å². The third kappa shape index (κ3) is 0.762. The van der Waals surface area contributed by atoms with E-state index in [1.807, 2.05) is 0 Å². The van der Waals surface area contributed by atoms with Crippen LogP contribution in [0.25, 0.3) is 0 Å². The Morgan fingerprint density at radius 1 is 1.46 bits per heavy atom. The second-order valence-corrected chi connectivity index (χ2v) is 5.42. The van der Waals surface area contributed by atoms with Crippen molar-refractivity contribution in [2.45, 2.75) is 33.6 Å². The summed E-state index contributed by atoms with van der Waals surface area (Å²) in [6.45, 7) is 10.9. The van der Waals surface area contributed by atoms with Crippen molar-refractivity contribution < 1.29 is 4.79 Å². The van der Waals surface area contributed by atoms with E-state index in [2.05, 4.69) is 27.4 Å². The van der Waals surface area contributed by atoms with Gasteiger partial charge in [-0.1, -0.05) is 32.9 Å². The summed E-state index contributed by atoms with van der Waals surface area (Å²) < 4.78 is 0. The molecule has 0 saturated heterocycles. The van der Waals surface area contributed by atoms with Crippen molar-refractivity contribution in [1.29, 1.82) is 0 Å². The third-order valence-corrected chi connectivity index (χ3v) is 4.97. The average molecular weight is 178 g/mol. The second kappa shape index (κ2) is 2.26. The van der Waals surface area contributed by atoms with Crippen LogP contribution < -0.4 is 0 Å². The third-order valence-electron chi connectivity index (χ3n) is 4.97. The number of rotatable bonds is 1. The molecule has 13 heavy (non-hydrogen) atoms. The Morgan fingerprint density at radius 3 is 2.38 bits per heavy atom. The van der Waals surface area contributed by atoms with Crippen LogP contribution >= 0.6 is 0 Å². The highest BCUT2D eigenvalue weighted by atomic mass is 16.1. The van der Waals surface area contributed by atoms with Crippen molar-refractivity contribution in [2.75, 3.05) is 0 Å². The van der Waals surface area contributed by atoms with Gasteiger partial charge in [-0.15, -0.1) is 0 Å². The van der Waals surface area contributed by atoms with Gasteiger partial charge in [0.25, 0.3) is 0 Å². The highest BCUT2D eigenvalue weighted by Crippen LogP contribution is 2.69. The molecule has 2 rings (SSSR count). The van der Waals surface area contributed by atoms with Crippen LogP contribution in [0.2, 0.25) is 0 Å². The zero-order chi connectivity index (χ0) is 9.85. The van der Waals surface area contributed by atoms with Crippen molar-refractivity contribution in [3.8, 4) is 0 Å². The average Bonchev–Trinajstić information content (AvgIpc) is 2.32. The topological polar surface area (TPSA) is 17.1 Å². The van der Waals surface area contributed by atoms with Gasteiger partial charge in [-0.3, -0.25) is 0 Å². The van der Waals surface area contributed by atoms with Gasteiger partial charge < -0.3 is 4.79 Å². The van der Waals surface area contributed by atoms with Gasteiger partial charge in [0.2, 0.25) is 0 Å². The van der Waals surface area contributed by atoms with Gasteiger partial charge in [0.1, 0.15) is 6.29 Å². The summed E-state index contributed by atoms with van der Waals surface area (Å²) in [5, 5.41) is 0. The molecule has 72 valence electrons. The largest absolute Gasteiger partial charge is 0.303 e. The molecule has 2 fully saturated rings. The second-order valence-electron chi connectivity index (χ2n) is 5.42. The lowest BCUT2D eigenvalue weighted by Gasteiger charge is -2.36. The van der Waals surface area contributed by atoms with Crippen LogP contribution in [0.5, 0.6) is 0 Å². The van der Waals surface area contributed by atoms with E-state index in [-0.39, 0.29) is 16.7 Å². The number of hydrogen-bond acceptors (Lipinski definition) is 1. The molecule has 0 aromatic rings. The Morgan fingerprint density at radius 2 is 2.08 bits per heavy atom. The summed E-state index contributed by atoms with van der Waals surface area (Å²) in [5.74, 6) is 0.689. The molecule has 2 aliphatic carbocycles. The Hall–Kier alpha value is -0.590. The number of allylic oxidation sites excluding steroid dienone is 1. The number of fused-ring (bicyclic) bond motifs is 2. The highest BCUT2D eigenvalue weighted by Gasteiger charge is 2.63. The number of carbonyl (C=O) groups is 1. The molecule has 2 bridgehead atoms. The van der Waals surface area contributed by atoms with Crippen LogP contribution in [-0.4, -0.2) is 6.29 Å². The molecule has 0 aliphatic heterocycles. The van der Waals surface area contributed by atoms with Crippen molar-refractivity contribution >= 4 is 6.29 Å². The molecular formula is C12H18O. The van der Waals surface area contributed by atoms with E-state index in [1.165, 1.54) is 18.4 Å². The van der Waals surface area contributed by atoms with E-state index < -0.39 is 0 Å². The fourth-order valence-electron chi connectivity index (χ4n) is 3.59.